The molecule has 1 N–H and O–H groups in total. The van der Waals surface area contributed by atoms with Crippen molar-refractivity contribution in [2.45, 2.75) is 12.3 Å². The van der Waals surface area contributed by atoms with Gasteiger partial charge in [0.15, 0.2) is 10.4 Å². The van der Waals surface area contributed by atoms with Gasteiger partial charge in [-0.15, -0.1) is 0 Å². The number of hydrogen-bond acceptors (Lipinski definition) is 4. The van der Waals surface area contributed by atoms with Crippen molar-refractivity contribution in [2.75, 3.05) is 19.6 Å². The SMILES string of the molecule is O=C(NCC(=O)N1CC[C@H](c2ccccn2)C1)c1ccc(Br)o1. The summed E-state index contributed by atoms with van der Waals surface area (Å²) >= 11 is 3.14. The molecule has 1 aliphatic heterocycles. The quantitative estimate of drug-likeness (QED) is 0.885. The van der Waals surface area contributed by atoms with E-state index in [0.29, 0.717) is 17.8 Å². The highest BCUT2D eigenvalue weighted by atomic mass is 79.9. The third-order valence-corrected chi connectivity index (χ3v) is 4.27. The van der Waals surface area contributed by atoms with Crippen molar-refractivity contribution in [3.8, 4) is 0 Å². The van der Waals surface area contributed by atoms with Crippen LogP contribution in [0.2, 0.25) is 0 Å². The molecule has 6 nitrogen and oxygen atoms in total. The molecule has 23 heavy (non-hydrogen) atoms. The molecule has 1 atom stereocenters. The van der Waals surface area contributed by atoms with Gasteiger partial charge in [-0.3, -0.25) is 14.6 Å². The molecule has 2 amide bonds. The van der Waals surface area contributed by atoms with E-state index in [1.165, 1.54) is 0 Å². The number of hydrogen-bond donors (Lipinski definition) is 1. The van der Waals surface area contributed by atoms with E-state index < -0.39 is 5.91 Å². The van der Waals surface area contributed by atoms with E-state index in [2.05, 4.69) is 26.2 Å². The number of carbonyl (C=O) groups excluding carboxylic acids is 2. The van der Waals surface area contributed by atoms with Crippen molar-refractivity contribution in [3.05, 3.63) is 52.7 Å². The third kappa shape index (κ3) is 3.79. The molecular formula is C16H16BrN3O3. The Kier molecular flexibility index (Phi) is 4.76. The Labute approximate surface area is 142 Å². The van der Waals surface area contributed by atoms with Gasteiger partial charge in [0.25, 0.3) is 5.91 Å². The number of rotatable bonds is 4. The van der Waals surface area contributed by atoms with Crippen LogP contribution in [0, 0.1) is 0 Å². The number of nitrogens with zero attached hydrogens (tertiary/aromatic N) is 2. The van der Waals surface area contributed by atoms with Gasteiger partial charge in [0.2, 0.25) is 5.91 Å². The molecule has 2 aromatic heterocycles. The summed E-state index contributed by atoms with van der Waals surface area (Å²) in [4.78, 5) is 30.2. The summed E-state index contributed by atoms with van der Waals surface area (Å²) in [6.07, 6.45) is 2.66. The number of nitrogens with one attached hydrogen (secondary N) is 1. The van der Waals surface area contributed by atoms with Crippen molar-refractivity contribution in [3.63, 3.8) is 0 Å². The van der Waals surface area contributed by atoms with E-state index in [1.807, 2.05) is 18.2 Å². The minimum Gasteiger partial charge on any atom is -0.444 e. The van der Waals surface area contributed by atoms with Crippen LogP contribution in [0.3, 0.4) is 0 Å². The molecule has 2 aromatic rings. The molecule has 1 saturated heterocycles. The second-order valence-corrected chi connectivity index (χ2v) is 6.15. The fourth-order valence-electron chi connectivity index (χ4n) is 2.64. The largest absolute Gasteiger partial charge is 0.444 e. The van der Waals surface area contributed by atoms with Gasteiger partial charge < -0.3 is 14.6 Å². The van der Waals surface area contributed by atoms with Crippen LogP contribution in [0.15, 0.2) is 45.6 Å². The van der Waals surface area contributed by atoms with Gasteiger partial charge in [-0.25, -0.2) is 0 Å². The first-order valence-electron chi connectivity index (χ1n) is 7.35. The number of aromatic nitrogens is 1. The van der Waals surface area contributed by atoms with Crippen LogP contribution in [0.5, 0.6) is 0 Å². The molecule has 0 unspecified atom stereocenters. The Morgan fingerprint density at radius 1 is 1.35 bits per heavy atom. The summed E-state index contributed by atoms with van der Waals surface area (Å²) in [6.45, 7) is 1.28. The van der Waals surface area contributed by atoms with Crippen LogP contribution in [-0.2, 0) is 4.79 Å². The summed E-state index contributed by atoms with van der Waals surface area (Å²) in [5, 5.41) is 2.58. The summed E-state index contributed by atoms with van der Waals surface area (Å²) in [7, 11) is 0. The smallest absolute Gasteiger partial charge is 0.287 e. The monoisotopic (exact) mass is 377 g/mol. The summed E-state index contributed by atoms with van der Waals surface area (Å²) in [5.41, 5.74) is 1.01. The number of pyridine rings is 1. The summed E-state index contributed by atoms with van der Waals surface area (Å²) in [6, 6.07) is 9.00. The lowest BCUT2D eigenvalue weighted by Gasteiger charge is -2.16. The van der Waals surface area contributed by atoms with E-state index in [-0.39, 0.29) is 24.1 Å². The van der Waals surface area contributed by atoms with E-state index in [9.17, 15) is 9.59 Å². The number of amides is 2. The molecule has 0 bridgehead atoms. The minimum atomic E-state index is -0.399. The minimum absolute atomic E-state index is 0.0356. The van der Waals surface area contributed by atoms with Gasteiger partial charge in [0, 0.05) is 30.9 Å². The highest BCUT2D eigenvalue weighted by Gasteiger charge is 2.28. The average molecular weight is 378 g/mol. The first kappa shape index (κ1) is 15.7. The topological polar surface area (TPSA) is 75.4 Å². The fourth-order valence-corrected chi connectivity index (χ4v) is 2.94. The van der Waals surface area contributed by atoms with E-state index in [4.69, 9.17) is 4.42 Å². The Hall–Kier alpha value is -2.15. The van der Waals surface area contributed by atoms with Crippen molar-refractivity contribution in [2.24, 2.45) is 0 Å². The Morgan fingerprint density at radius 3 is 2.91 bits per heavy atom. The first-order valence-corrected chi connectivity index (χ1v) is 8.15. The Balaban J connectivity index is 1.50. The standard InChI is InChI=1S/C16H16BrN3O3/c17-14-5-4-13(23-14)16(22)19-9-15(21)20-8-6-11(10-20)12-3-1-2-7-18-12/h1-5,7,11H,6,8-10H2,(H,19,22)/t11-/m0/s1. The van der Waals surface area contributed by atoms with Crippen molar-refractivity contribution in [1.29, 1.82) is 0 Å². The van der Waals surface area contributed by atoms with Gasteiger partial charge in [-0.1, -0.05) is 6.07 Å². The highest BCUT2D eigenvalue weighted by molar-refractivity contribution is 9.10. The Morgan fingerprint density at radius 2 is 2.22 bits per heavy atom. The van der Waals surface area contributed by atoms with Crippen LogP contribution in [0.25, 0.3) is 0 Å². The molecule has 0 aliphatic carbocycles. The van der Waals surface area contributed by atoms with Crippen LogP contribution >= 0.6 is 15.9 Å². The highest BCUT2D eigenvalue weighted by Crippen LogP contribution is 2.25. The predicted octanol–water partition coefficient (Wildman–Crippen LogP) is 2.18. The second kappa shape index (κ2) is 6.95. The van der Waals surface area contributed by atoms with E-state index in [1.54, 1.807) is 23.2 Å². The van der Waals surface area contributed by atoms with Gasteiger partial charge in [0.05, 0.1) is 6.54 Å². The number of furan rings is 1. The number of halogens is 1. The molecule has 0 saturated carbocycles. The molecule has 3 heterocycles. The van der Waals surface area contributed by atoms with Crippen LogP contribution in [0.4, 0.5) is 0 Å². The second-order valence-electron chi connectivity index (χ2n) is 5.37. The summed E-state index contributed by atoms with van der Waals surface area (Å²) < 4.78 is 5.63. The zero-order valence-corrected chi connectivity index (χ0v) is 14.0. The van der Waals surface area contributed by atoms with Gasteiger partial charge in [0.1, 0.15) is 0 Å². The maximum absolute atomic E-state index is 12.2. The zero-order chi connectivity index (χ0) is 16.2. The molecule has 120 valence electrons. The molecule has 1 aliphatic rings. The van der Waals surface area contributed by atoms with Crippen LogP contribution < -0.4 is 5.32 Å². The lowest BCUT2D eigenvalue weighted by molar-refractivity contribution is -0.129. The molecule has 1 fully saturated rings. The van der Waals surface area contributed by atoms with Crippen LogP contribution in [-0.4, -0.2) is 41.3 Å². The van der Waals surface area contributed by atoms with Gasteiger partial charge in [-0.2, -0.15) is 0 Å². The average Bonchev–Trinajstić information content (AvgIpc) is 3.22. The van der Waals surface area contributed by atoms with Gasteiger partial charge >= 0.3 is 0 Å². The van der Waals surface area contributed by atoms with E-state index in [0.717, 1.165) is 12.1 Å². The summed E-state index contributed by atoms with van der Waals surface area (Å²) in [5.74, 6) is -0.0544. The fraction of sp³-hybridized carbons (Fsp3) is 0.312. The molecule has 0 aromatic carbocycles. The molecule has 0 spiro atoms. The molecule has 7 heteroatoms. The lowest BCUT2D eigenvalue weighted by atomic mass is 10.0. The van der Waals surface area contributed by atoms with Crippen LogP contribution in [0.1, 0.15) is 28.6 Å². The number of likely N-dealkylation sites (tertiary alicyclic amines) is 1. The number of carbonyl (C=O) groups is 2. The maximum Gasteiger partial charge on any atom is 0.287 e. The lowest BCUT2D eigenvalue weighted by Crippen LogP contribution is -2.38. The van der Waals surface area contributed by atoms with Crippen molar-refractivity contribution >= 4 is 27.7 Å². The third-order valence-electron chi connectivity index (χ3n) is 3.84. The van der Waals surface area contributed by atoms with E-state index >= 15 is 0 Å². The molecule has 0 radical (unpaired) electrons. The molecular weight excluding hydrogens is 362 g/mol. The normalized spacial score (nSPS) is 17.3. The Bertz CT molecular complexity index is 702. The predicted molar refractivity (Wildman–Crippen MR) is 86.9 cm³/mol. The van der Waals surface area contributed by atoms with Gasteiger partial charge in [-0.05, 0) is 46.6 Å². The van der Waals surface area contributed by atoms with Crippen molar-refractivity contribution in [1.82, 2.24) is 15.2 Å². The first-order chi connectivity index (χ1) is 11.1. The zero-order valence-electron chi connectivity index (χ0n) is 12.4. The maximum atomic E-state index is 12.2. The molecule has 3 rings (SSSR count). The van der Waals surface area contributed by atoms with Crippen molar-refractivity contribution < 1.29 is 14.0 Å².